The van der Waals surface area contributed by atoms with E-state index in [0.717, 1.165) is 31.6 Å². The molecule has 2 aromatic heterocycles. The summed E-state index contributed by atoms with van der Waals surface area (Å²) in [5.74, 6) is 0.616. The Bertz CT molecular complexity index is 820. The molecule has 2 aromatic rings. The summed E-state index contributed by atoms with van der Waals surface area (Å²) in [4.78, 5) is 29.2. The molecule has 1 saturated heterocycles. The topological polar surface area (TPSA) is 84.5 Å². The van der Waals surface area contributed by atoms with Crippen molar-refractivity contribution in [2.45, 2.75) is 52.2 Å². The molecule has 2 aliphatic heterocycles. The van der Waals surface area contributed by atoms with E-state index >= 15 is 0 Å². The molecule has 138 valence electrons. The van der Waals surface area contributed by atoms with Gasteiger partial charge in [-0.05, 0) is 32.8 Å². The van der Waals surface area contributed by atoms with Crippen LogP contribution in [0.3, 0.4) is 0 Å². The van der Waals surface area contributed by atoms with Gasteiger partial charge < -0.3 is 14.3 Å². The van der Waals surface area contributed by atoms with Gasteiger partial charge in [0, 0.05) is 32.3 Å². The molecular weight excluding hydrogens is 334 g/mol. The van der Waals surface area contributed by atoms with Crippen molar-refractivity contribution in [2.75, 3.05) is 13.1 Å². The summed E-state index contributed by atoms with van der Waals surface area (Å²) in [5, 5.41) is 8.28. The van der Waals surface area contributed by atoms with Crippen molar-refractivity contribution in [1.82, 2.24) is 24.7 Å². The molecule has 0 unspecified atom stereocenters. The average molecular weight is 357 g/mol. The number of carbonyl (C=O) groups excluding carboxylic acids is 2. The van der Waals surface area contributed by atoms with Crippen LogP contribution in [0.4, 0.5) is 0 Å². The minimum atomic E-state index is -0.0902. The van der Waals surface area contributed by atoms with Gasteiger partial charge in [0.1, 0.15) is 11.3 Å². The molecule has 0 aromatic carbocycles. The SMILES string of the molecule is Cc1noc(C)c1C(=O)N1Cc2ccnn2CC[C@@H]1CN1CCCC1=O. The lowest BCUT2D eigenvalue weighted by Crippen LogP contribution is -2.46. The predicted molar refractivity (Wildman–Crippen MR) is 92.3 cm³/mol. The van der Waals surface area contributed by atoms with E-state index in [2.05, 4.69) is 10.3 Å². The molecule has 1 atom stereocenters. The van der Waals surface area contributed by atoms with Gasteiger partial charge in [-0.1, -0.05) is 5.16 Å². The number of aromatic nitrogens is 3. The highest BCUT2D eigenvalue weighted by Gasteiger charge is 2.34. The Kier molecular flexibility index (Phi) is 4.26. The molecule has 2 amide bonds. The van der Waals surface area contributed by atoms with E-state index in [0.29, 0.717) is 36.5 Å². The molecule has 8 nitrogen and oxygen atoms in total. The quantitative estimate of drug-likeness (QED) is 0.832. The van der Waals surface area contributed by atoms with Crippen LogP contribution in [0.5, 0.6) is 0 Å². The second-order valence-corrected chi connectivity index (χ2v) is 7.06. The molecule has 0 spiro atoms. The molecule has 8 heteroatoms. The van der Waals surface area contributed by atoms with Gasteiger partial charge in [0.05, 0.1) is 24.0 Å². The predicted octanol–water partition coefficient (Wildman–Crippen LogP) is 1.53. The van der Waals surface area contributed by atoms with Crippen molar-refractivity contribution in [3.8, 4) is 0 Å². The highest BCUT2D eigenvalue weighted by molar-refractivity contribution is 5.96. The molecule has 1 fully saturated rings. The number of nitrogens with zero attached hydrogens (tertiary/aromatic N) is 5. The normalized spacial score (nSPS) is 20.4. The highest BCUT2D eigenvalue weighted by Crippen LogP contribution is 2.24. The standard InChI is InChI=1S/C18H23N5O3/c1-12-17(13(2)26-20-12)18(25)22-11-15-5-7-19-23(15)9-6-14(22)10-21-8-3-4-16(21)24/h5,7,14H,3-4,6,8-11H2,1-2H3/t14-/m1/s1. The van der Waals surface area contributed by atoms with E-state index in [-0.39, 0.29) is 17.9 Å². The lowest BCUT2D eigenvalue weighted by molar-refractivity contribution is -0.128. The van der Waals surface area contributed by atoms with Crippen molar-refractivity contribution in [3.63, 3.8) is 0 Å². The fourth-order valence-electron chi connectivity index (χ4n) is 3.94. The van der Waals surface area contributed by atoms with Crippen molar-refractivity contribution >= 4 is 11.8 Å². The van der Waals surface area contributed by atoms with Crippen LogP contribution in [-0.4, -0.2) is 55.7 Å². The maximum Gasteiger partial charge on any atom is 0.260 e. The van der Waals surface area contributed by atoms with Gasteiger partial charge in [0.15, 0.2) is 0 Å². The van der Waals surface area contributed by atoms with E-state index in [1.807, 2.05) is 20.5 Å². The van der Waals surface area contributed by atoms with E-state index in [1.54, 1.807) is 20.0 Å². The Morgan fingerprint density at radius 2 is 2.19 bits per heavy atom. The number of aryl methyl sites for hydroxylation is 3. The van der Waals surface area contributed by atoms with Crippen LogP contribution in [0.25, 0.3) is 0 Å². The molecule has 0 saturated carbocycles. The van der Waals surface area contributed by atoms with E-state index in [1.165, 1.54) is 0 Å². The summed E-state index contributed by atoms with van der Waals surface area (Å²) >= 11 is 0. The van der Waals surface area contributed by atoms with Crippen molar-refractivity contribution in [3.05, 3.63) is 35.0 Å². The lowest BCUT2D eigenvalue weighted by atomic mass is 10.1. The fraction of sp³-hybridized carbons (Fsp3) is 0.556. The molecule has 0 aliphatic carbocycles. The third kappa shape index (κ3) is 2.89. The zero-order valence-corrected chi connectivity index (χ0v) is 15.1. The van der Waals surface area contributed by atoms with Gasteiger partial charge in [-0.3, -0.25) is 14.3 Å². The van der Waals surface area contributed by atoms with Crippen LogP contribution in [0.15, 0.2) is 16.8 Å². The van der Waals surface area contributed by atoms with E-state index in [9.17, 15) is 9.59 Å². The molecule has 0 bridgehead atoms. The van der Waals surface area contributed by atoms with E-state index < -0.39 is 0 Å². The summed E-state index contributed by atoms with van der Waals surface area (Å²) < 4.78 is 7.14. The molecule has 2 aliphatic rings. The van der Waals surface area contributed by atoms with Crippen molar-refractivity contribution in [2.24, 2.45) is 0 Å². The number of carbonyl (C=O) groups is 2. The van der Waals surface area contributed by atoms with Gasteiger partial charge in [-0.2, -0.15) is 5.10 Å². The maximum atomic E-state index is 13.3. The number of hydrogen-bond donors (Lipinski definition) is 0. The third-order valence-corrected chi connectivity index (χ3v) is 5.36. The summed E-state index contributed by atoms with van der Waals surface area (Å²) in [6, 6.07) is 1.89. The lowest BCUT2D eigenvalue weighted by Gasteiger charge is -2.32. The molecular formula is C18H23N5O3. The number of hydrogen-bond acceptors (Lipinski definition) is 5. The molecule has 0 N–H and O–H groups in total. The molecule has 4 heterocycles. The smallest absolute Gasteiger partial charge is 0.260 e. The first-order valence-corrected chi connectivity index (χ1v) is 9.07. The average Bonchev–Trinajstić information content (AvgIpc) is 3.28. The third-order valence-electron chi connectivity index (χ3n) is 5.36. The second kappa shape index (κ2) is 6.59. The Balaban J connectivity index is 1.65. The molecule has 4 rings (SSSR count). The zero-order valence-electron chi connectivity index (χ0n) is 15.1. The van der Waals surface area contributed by atoms with Gasteiger partial charge >= 0.3 is 0 Å². The van der Waals surface area contributed by atoms with Gasteiger partial charge in [0.25, 0.3) is 5.91 Å². The van der Waals surface area contributed by atoms with Crippen molar-refractivity contribution in [1.29, 1.82) is 0 Å². The van der Waals surface area contributed by atoms with Gasteiger partial charge in [-0.25, -0.2) is 0 Å². The van der Waals surface area contributed by atoms with Gasteiger partial charge in [0.2, 0.25) is 5.91 Å². The Labute approximate surface area is 151 Å². The van der Waals surface area contributed by atoms with Crippen LogP contribution in [0, 0.1) is 13.8 Å². The monoisotopic (exact) mass is 357 g/mol. The molecule has 26 heavy (non-hydrogen) atoms. The minimum absolute atomic E-state index is 0.0556. The second-order valence-electron chi connectivity index (χ2n) is 7.06. The number of fused-ring (bicyclic) bond motifs is 1. The van der Waals surface area contributed by atoms with Crippen LogP contribution in [-0.2, 0) is 17.9 Å². The summed E-state index contributed by atoms with van der Waals surface area (Å²) in [7, 11) is 0. The van der Waals surface area contributed by atoms with Crippen LogP contribution >= 0.6 is 0 Å². The summed E-state index contributed by atoms with van der Waals surface area (Å²) in [6.45, 7) is 6.08. The number of amides is 2. The first-order valence-electron chi connectivity index (χ1n) is 9.07. The van der Waals surface area contributed by atoms with Crippen LogP contribution in [0.1, 0.15) is 46.8 Å². The first kappa shape index (κ1) is 16.8. The summed E-state index contributed by atoms with van der Waals surface area (Å²) in [6.07, 6.45) is 4.02. The Morgan fingerprint density at radius 3 is 2.88 bits per heavy atom. The van der Waals surface area contributed by atoms with Gasteiger partial charge in [-0.15, -0.1) is 0 Å². The Hall–Kier alpha value is -2.64. The first-order chi connectivity index (χ1) is 12.5. The summed E-state index contributed by atoms with van der Waals surface area (Å²) in [5.41, 5.74) is 2.12. The zero-order chi connectivity index (χ0) is 18.3. The maximum absolute atomic E-state index is 13.3. The number of rotatable bonds is 3. The van der Waals surface area contributed by atoms with Crippen LogP contribution < -0.4 is 0 Å². The highest BCUT2D eigenvalue weighted by atomic mass is 16.5. The number of likely N-dealkylation sites (tertiary alicyclic amines) is 1. The van der Waals surface area contributed by atoms with E-state index in [4.69, 9.17) is 4.52 Å². The fourth-order valence-corrected chi connectivity index (χ4v) is 3.94. The largest absolute Gasteiger partial charge is 0.361 e. The van der Waals surface area contributed by atoms with Crippen LogP contribution in [0.2, 0.25) is 0 Å². The minimum Gasteiger partial charge on any atom is -0.361 e. The molecule has 0 radical (unpaired) electrons. The Morgan fingerprint density at radius 1 is 1.35 bits per heavy atom. The van der Waals surface area contributed by atoms with Crippen molar-refractivity contribution < 1.29 is 14.1 Å².